The molecular weight excluding hydrogens is 402 g/mol. The summed E-state index contributed by atoms with van der Waals surface area (Å²) in [4.78, 5) is 15.6. The van der Waals surface area contributed by atoms with Gasteiger partial charge >= 0.3 is 0 Å². The minimum Gasteiger partial charge on any atom is -0.340 e. The number of hydrogen-bond acceptors (Lipinski definition) is 5. The summed E-state index contributed by atoms with van der Waals surface area (Å²) in [5.41, 5.74) is 1.31. The maximum Gasteiger partial charge on any atom is 0.247 e. The molecule has 9 heteroatoms. The van der Waals surface area contributed by atoms with Gasteiger partial charge in [-0.05, 0) is 55.6 Å². The predicted molar refractivity (Wildman–Crippen MR) is 113 cm³/mol. The summed E-state index contributed by atoms with van der Waals surface area (Å²) in [6, 6.07) is 5.77. The summed E-state index contributed by atoms with van der Waals surface area (Å²) in [6.45, 7) is 5.73. The molecule has 5 rings (SSSR count). The van der Waals surface area contributed by atoms with Crippen LogP contribution in [0.15, 0.2) is 35.4 Å². The van der Waals surface area contributed by atoms with Gasteiger partial charge in [0.25, 0.3) is 0 Å². The van der Waals surface area contributed by atoms with Gasteiger partial charge in [-0.3, -0.25) is 4.79 Å². The van der Waals surface area contributed by atoms with E-state index in [1.165, 1.54) is 37.8 Å². The molecule has 2 N–H and O–H groups in total. The van der Waals surface area contributed by atoms with Crippen molar-refractivity contribution in [2.24, 2.45) is 22.9 Å². The van der Waals surface area contributed by atoms with E-state index in [0.29, 0.717) is 17.5 Å². The summed E-state index contributed by atoms with van der Waals surface area (Å²) >= 11 is 0. The molecule has 1 aliphatic carbocycles. The van der Waals surface area contributed by atoms with Crippen LogP contribution < -0.4 is 5.14 Å². The molecule has 0 unspecified atom stereocenters. The van der Waals surface area contributed by atoms with E-state index in [-0.39, 0.29) is 16.7 Å². The Morgan fingerprint density at radius 2 is 1.63 bits per heavy atom. The lowest BCUT2D eigenvalue weighted by molar-refractivity contribution is -0.137. The molecule has 1 saturated carbocycles. The van der Waals surface area contributed by atoms with E-state index in [9.17, 15) is 13.2 Å². The van der Waals surface area contributed by atoms with E-state index in [1.54, 1.807) is 23.0 Å². The Kier molecular flexibility index (Phi) is 5.67. The molecule has 8 nitrogen and oxygen atoms in total. The van der Waals surface area contributed by atoms with E-state index in [2.05, 4.69) is 10.3 Å². The van der Waals surface area contributed by atoms with Crippen molar-refractivity contribution in [2.75, 3.05) is 13.1 Å². The van der Waals surface area contributed by atoms with Gasteiger partial charge in [0.2, 0.25) is 15.9 Å². The molecule has 2 aliphatic heterocycles. The van der Waals surface area contributed by atoms with E-state index in [0.717, 1.165) is 18.7 Å². The zero-order chi connectivity index (χ0) is 21.5. The fourth-order valence-electron chi connectivity index (χ4n) is 4.73. The van der Waals surface area contributed by atoms with Crippen molar-refractivity contribution in [3.63, 3.8) is 0 Å². The molecule has 3 heterocycles. The number of sulfonamides is 1. The summed E-state index contributed by atoms with van der Waals surface area (Å²) in [5.74, 6) is 1.41. The van der Waals surface area contributed by atoms with Gasteiger partial charge in [0.15, 0.2) is 0 Å². The van der Waals surface area contributed by atoms with Crippen molar-refractivity contribution in [1.82, 2.24) is 19.9 Å². The molecule has 1 amide bonds. The Bertz CT molecular complexity index is 994. The smallest absolute Gasteiger partial charge is 0.247 e. The molecule has 3 fully saturated rings. The third-order valence-corrected chi connectivity index (χ3v) is 7.32. The minimum atomic E-state index is -3.74. The lowest BCUT2D eigenvalue weighted by Gasteiger charge is -2.29. The fraction of sp³-hybridized carbons (Fsp3) is 0.571. The number of nitrogens with zero attached hydrogens (tertiary/aromatic N) is 4. The lowest BCUT2D eigenvalue weighted by Crippen LogP contribution is -2.42. The summed E-state index contributed by atoms with van der Waals surface area (Å²) in [6.07, 6.45) is 6.66. The first-order valence-corrected chi connectivity index (χ1v) is 12.1. The first-order chi connectivity index (χ1) is 14.2. The molecular formula is C21H29N5O3S. The number of amides is 1. The van der Waals surface area contributed by atoms with Crippen LogP contribution in [0.2, 0.25) is 0 Å². The van der Waals surface area contributed by atoms with Gasteiger partial charge in [-0.1, -0.05) is 31.2 Å². The largest absolute Gasteiger partial charge is 0.340 e. The van der Waals surface area contributed by atoms with Gasteiger partial charge in [-0.25, -0.2) is 18.2 Å². The zero-order valence-corrected chi connectivity index (χ0v) is 18.3. The molecule has 162 valence electrons. The van der Waals surface area contributed by atoms with E-state index >= 15 is 0 Å². The highest BCUT2D eigenvalue weighted by Crippen LogP contribution is 2.35. The first kappa shape index (κ1) is 21.0. The monoisotopic (exact) mass is 431 g/mol. The van der Waals surface area contributed by atoms with E-state index in [1.807, 2.05) is 18.7 Å². The second-order valence-electron chi connectivity index (χ2n) is 8.97. The molecule has 1 atom stereocenters. The SMILES string of the molecule is CC(C)[C@@H](C(=O)N1CC2CCC(CC2)C1)n1cc(-c2ccc(S(N)(=O)=O)cc2)nn1. The molecule has 2 saturated heterocycles. The van der Waals surface area contributed by atoms with Crippen molar-refractivity contribution in [3.05, 3.63) is 30.5 Å². The van der Waals surface area contributed by atoms with Crippen molar-refractivity contribution in [1.29, 1.82) is 0 Å². The molecule has 2 bridgehead atoms. The van der Waals surface area contributed by atoms with Crippen LogP contribution in [0.5, 0.6) is 0 Å². The highest BCUT2D eigenvalue weighted by Gasteiger charge is 2.36. The standard InChI is InChI=1S/C21H29N5O3S/c1-14(2)20(21(27)25-11-15-3-4-16(12-25)6-5-15)26-13-19(23-24-26)17-7-9-18(10-8-17)30(22,28)29/h7-10,13-16,20H,3-6,11-12H2,1-2H3,(H2,22,28,29)/t15?,16?,20-/m0/s1. The molecule has 30 heavy (non-hydrogen) atoms. The molecule has 0 radical (unpaired) electrons. The Labute approximate surface area is 177 Å². The van der Waals surface area contributed by atoms with Gasteiger partial charge in [0.05, 0.1) is 11.1 Å². The second kappa shape index (κ2) is 8.11. The van der Waals surface area contributed by atoms with Crippen molar-refractivity contribution in [2.45, 2.75) is 50.5 Å². The number of rotatable bonds is 5. The van der Waals surface area contributed by atoms with Crippen LogP contribution in [-0.4, -0.2) is 47.3 Å². The Morgan fingerprint density at radius 3 is 2.13 bits per heavy atom. The molecule has 3 aliphatic rings. The van der Waals surface area contributed by atoms with Gasteiger partial charge < -0.3 is 4.90 Å². The van der Waals surface area contributed by atoms with Gasteiger partial charge in [-0.15, -0.1) is 5.10 Å². The zero-order valence-electron chi connectivity index (χ0n) is 17.4. The average molecular weight is 432 g/mol. The predicted octanol–water partition coefficient (Wildman–Crippen LogP) is 2.44. The Morgan fingerprint density at radius 1 is 1.07 bits per heavy atom. The summed E-state index contributed by atoms with van der Waals surface area (Å²) in [5, 5.41) is 13.6. The lowest BCUT2D eigenvalue weighted by atomic mass is 9.84. The van der Waals surface area contributed by atoms with E-state index < -0.39 is 16.1 Å². The van der Waals surface area contributed by atoms with Crippen molar-refractivity contribution in [3.8, 4) is 11.3 Å². The molecule has 1 aromatic heterocycles. The minimum absolute atomic E-state index is 0.0460. The number of nitrogens with two attached hydrogens (primary N) is 1. The van der Waals surface area contributed by atoms with Crippen LogP contribution in [-0.2, 0) is 14.8 Å². The number of hydrogen-bond donors (Lipinski definition) is 1. The summed E-state index contributed by atoms with van der Waals surface area (Å²) < 4.78 is 24.6. The van der Waals surface area contributed by atoms with Gasteiger partial charge in [-0.2, -0.15) is 0 Å². The maximum atomic E-state index is 13.5. The highest BCUT2D eigenvalue weighted by molar-refractivity contribution is 7.89. The normalized spacial score (nSPS) is 22.9. The first-order valence-electron chi connectivity index (χ1n) is 10.6. The van der Waals surface area contributed by atoms with Crippen molar-refractivity contribution >= 4 is 15.9 Å². The van der Waals surface area contributed by atoms with Gasteiger partial charge in [0, 0.05) is 18.7 Å². The van der Waals surface area contributed by atoms with Crippen LogP contribution >= 0.6 is 0 Å². The number of primary sulfonamides is 1. The fourth-order valence-corrected chi connectivity index (χ4v) is 5.24. The second-order valence-corrected chi connectivity index (χ2v) is 10.5. The van der Waals surface area contributed by atoms with Crippen LogP contribution in [0.25, 0.3) is 11.3 Å². The number of benzene rings is 1. The molecule has 0 spiro atoms. The number of carbonyl (C=O) groups excluding carboxylic acids is 1. The number of fused-ring (bicyclic) bond motifs is 4. The average Bonchev–Trinajstić information content (AvgIpc) is 2.96. The van der Waals surface area contributed by atoms with Crippen LogP contribution in [0.3, 0.4) is 0 Å². The topological polar surface area (TPSA) is 111 Å². The van der Waals surface area contributed by atoms with E-state index in [4.69, 9.17) is 5.14 Å². The molecule has 1 aromatic carbocycles. The third kappa shape index (κ3) is 4.27. The third-order valence-electron chi connectivity index (χ3n) is 6.39. The number of aromatic nitrogens is 3. The van der Waals surface area contributed by atoms with Crippen molar-refractivity contribution < 1.29 is 13.2 Å². The van der Waals surface area contributed by atoms with Crippen LogP contribution in [0.4, 0.5) is 0 Å². The maximum absolute atomic E-state index is 13.5. The summed E-state index contributed by atoms with van der Waals surface area (Å²) in [7, 11) is -3.74. The number of carbonyl (C=O) groups is 1. The highest BCUT2D eigenvalue weighted by atomic mass is 32.2. The Hall–Kier alpha value is -2.26. The molecule has 2 aromatic rings. The quantitative estimate of drug-likeness (QED) is 0.782. The Balaban J connectivity index is 1.57. The van der Waals surface area contributed by atoms with Gasteiger partial charge in [0.1, 0.15) is 11.7 Å². The van der Waals surface area contributed by atoms with Crippen LogP contribution in [0.1, 0.15) is 45.6 Å². The van der Waals surface area contributed by atoms with Crippen LogP contribution in [0, 0.1) is 17.8 Å².